The van der Waals surface area contributed by atoms with Gasteiger partial charge in [0.2, 0.25) is 0 Å². The first-order valence-corrected chi connectivity index (χ1v) is 10.7. The van der Waals surface area contributed by atoms with Gasteiger partial charge in [0.15, 0.2) is 6.29 Å². The summed E-state index contributed by atoms with van der Waals surface area (Å²) in [7, 11) is 0. The fourth-order valence-corrected chi connectivity index (χ4v) is 3.22. The van der Waals surface area contributed by atoms with Crippen LogP contribution in [0.3, 0.4) is 0 Å². The van der Waals surface area contributed by atoms with Crippen molar-refractivity contribution < 1.29 is 29.9 Å². The normalized spacial score (nSPS) is 28.9. The van der Waals surface area contributed by atoms with E-state index in [-0.39, 0.29) is 0 Å². The van der Waals surface area contributed by atoms with Crippen molar-refractivity contribution in [3.63, 3.8) is 0 Å². The highest BCUT2D eigenvalue weighted by molar-refractivity contribution is 4.88. The van der Waals surface area contributed by atoms with Crippen LogP contribution >= 0.6 is 0 Å². The Kier molecular flexibility index (Phi) is 14.0. The molecule has 0 unspecified atom stereocenters. The van der Waals surface area contributed by atoms with E-state index in [0.29, 0.717) is 6.61 Å². The molecule has 0 aromatic heterocycles. The summed E-state index contributed by atoms with van der Waals surface area (Å²) >= 11 is 0. The summed E-state index contributed by atoms with van der Waals surface area (Å²) in [6, 6.07) is 0. The molecule has 0 aromatic rings. The van der Waals surface area contributed by atoms with Gasteiger partial charge >= 0.3 is 0 Å². The average molecular weight is 389 g/mol. The first-order valence-electron chi connectivity index (χ1n) is 10.7. The van der Waals surface area contributed by atoms with Crippen LogP contribution in [0.2, 0.25) is 0 Å². The Balaban J connectivity index is 1.97. The Hall–Kier alpha value is -0.500. The zero-order valence-electron chi connectivity index (χ0n) is 16.8. The van der Waals surface area contributed by atoms with E-state index in [9.17, 15) is 15.3 Å². The highest BCUT2D eigenvalue weighted by Gasteiger charge is 2.43. The second-order valence-electron chi connectivity index (χ2n) is 7.45. The van der Waals surface area contributed by atoms with Crippen molar-refractivity contribution in [3.8, 4) is 0 Å². The van der Waals surface area contributed by atoms with Gasteiger partial charge in [-0.05, 0) is 32.1 Å². The van der Waals surface area contributed by atoms with Crippen LogP contribution in [-0.4, -0.2) is 64.3 Å². The maximum absolute atomic E-state index is 9.88. The molecule has 160 valence electrons. The number of hydrogen-bond donors (Lipinski definition) is 4. The minimum atomic E-state index is -1.37. The molecular weight excluding hydrogens is 348 g/mol. The molecule has 1 heterocycles. The third kappa shape index (κ3) is 10.0. The minimum Gasteiger partial charge on any atom is -0.394 e. The zero-order chi connectivity index (χ0) is 19.9. The van der Waals surface area contributed by atoms with Gasteiger partial charge in [-0.1, -0.05) is 57.6 Å². The van der Waals surface area contributed by atoms with Gasteiger partial charge in [-0.2, -0.15) is 0 Å². The maximum Gasteiger partial charge on any atom is 0.186 e. The summed E-state index contributed by atoms with van der Waals surface area (Å²) in [5, 5.41) is 38.4. The predicted molar refractivity (Wildman–Crippen MR) is 105 cm³/mol. The van der Waals surface area contributed by atoms with E-state index in [1.54, 1.807) is 0 Å². The van der Waals surface area contributed by atoms with Gasteiger partial charge in [-0.3, -0.25) is 0 Å². The van der Waals surface area contributed by atoms with Gasteiger partial charge in [0.05, 0.1) is 6.61 Å². The number of allylic oxidation sites excluding steroid dienone is 2. The third-order valence-electron chi connectivity index (χ3n) is 5.04. The first-order chi connectivity index (χ1) is 13.1. The number of aliphatic hydroxyl groups is 4. The highest BCUT2D eigenvalue weighted by Crippen LogP contribution is 2.22. The first kappa shape index (κ1) is 24.5. The molecule has 0 spiro atoms. The molecular formula is C21H40O6. The minimum absolute atomic E-state index is 0.420. The van der Waals surface area contributed by atoms with Crippen molar-refractivity contribution in [2.45, 2.75) is 108 Å². The van der Waals surface area contributed by atoms with Crippen molar-refractivity contribution in [2.75, 3.05) is 13.2 Å². The topological polar surface area (TPSA) is 99.4 Å². The molecule has 6 nitrogen and oxygen atoms in total. The van der Waals surface area contributed by atoms with E-state index in [1.165, 1.54) is 51.4 Å². The van der Waals surface area contributed by atoms with Crippen molar-refractivity contribution in [2.24, 2.45) is 0 Å². The quantitative estimate of drug-likeness (QED) is 0.254. The molecule has 6 heteroatoms. The second-order valence-corrected chi connectivity index (χ2v) is 7.45. The molecule has 4 N–H and O–H groups in total. The molecule has 1 fully saturated rings. The molecule has 1 rings (SSSR count). The average Bonchev–Trinajstić information content (AvgIpc) is 2.68. The monoisotopic (exact) mass is 388 g/mol. The number of ether oxygens (including phenoxy) is 2. The van der Waals surface area contributed by atoms with Gasteiger partial charge in [0, 0.05) is 6.61 Å². The summed E-state index contributed by atoms with van der Waals surface area (Å²) in [5.74, 6) is 0. The van der Waals surface area contributed by atoms with Crippen molar-refractivity contribution in [1.82, 2.24) is 0 Å². The molecule has 0 aromatic carbocycles. The summed E-state index contributed by atoms with van der Waals surface area (Å²) in [5.41, 5.74) is 0. The van der Waals surface area contributed by atoms with Crippen LogP contribution in [0, 0.1) is 0 Å². The summed E-state index contributed by atoms with van der Waals surface area (Å²) in [6.07, 6.45) is 11.7. The van der Waals surface area contributed by atoms with E-state index in [1.807, 2.05) is 0 Å². The second kappa shape index (κ2) is 15.4. The van der Waals surface area contributed by atoms with E-state index in [4.69, 9.17) is 14.6 Å². The SMILES string of the molecule is CCCCC/C=C/CCCCCCCCO[C@@H]1O[C@H](CO)[C@@H](O)[C@H](O)[C@H]1O. The molecule has 1 aliphatic rings. The van der Waals surface area contributed by atoms with E-state index in [0.717, 1.165) is 19.3 Å². The van der Waals surface area contributed by atoms with Crippen molar-refractivity contribution in [3.05, 3.63) is 12.2 Å². The van der Waals surface area contributed by atoms with Gasteiger partial charge in [0.25, 0.3) is 0 Å². The van der Waals surface area contributed by atoms with E-state index >= 15 is 0 Å². The Labute approximate surface area is 164 Å². The number of unbranched alkanes of at least 4 members (excludes halogenated alkanes) is 9. The molecule has 0 radical (unpaired) electrons. The van der Waals surface area contributed by atoms with Crippen LogP contribution in [0.5, 0.6) is 0 Å². The van der Waals surface area contributed by atoms with Crippen LogP contribution in [0.15, 0.2) is 12.2 Å². The maximum atomic E-state index is 9.88. The lowest BCUT2D eigenvalue weighted by molar-refractivity contribution is -0.301. The third-order valence-corrected chi connectivity index (χ3v) is 5.04. The Morgan fingerprint density at radius 1 is 0.778 bits per heavy atom. The fourth-order valence-electron chi connectivity index (χ4n) is 3.22. The molecule has 5 atom stereocenters. The molecule has 1 aliphatic heterocycles. The van der Waals surface area contributed by atoms with Crippen LogP contribution in [0.4, 0.5) is 0 Å². The summed E-state index contributed by atoms with van der Waals surface area (Å²) < 4.78 is 10.8. The van der Waals surface area contributed by atoms with Gasteiger partial charge in [-0.25, -0.2) is 0 Å². The number of aliphatic hydroxyl groups excluding tert-OH is 4. The molecule has 1 saturated heterocycles. The smallest absolute Gasteiger partial charge is 0.186 e. The fraction of sp³-hybridized carbons (Fsp3) is 0.905. The highest BCUT2D eigenvalue weighted by atomic mass is 16.7. The molecule has 0 saturated carbocycles. The molecule has 27 heavy (non-hydrogen) atoms. The van der Waals surface area contributed by atoms with Crippen molar-refractivity contribution in [1.29, 1.82) is 0 Å². The van der Waals surface area contributed by atoms with Gasteiger partial charge < -0.3 is 29.9 Å². The van der Waals surface area contributed by atoms with Gasteiger partial charge in [-0.15, -0.1) is 0 Å². The lowest BCUT2D eigenvalue weighted by Crippen LogP contribution is -2.59. The zero-order valence-corrected chi connectivity index (χ0v) is 16.8. The molecule has 0 bridgehead atoms. The van der Waals surface area contributed by atoms with Crippen LogP contribution < -0.4 is 0 Å². The summed E-state index contributed by atoms with van der Waals surface area (Å²) in [6.45, 7) is 2.22. The molecule has 0 aliphatic carbocycles. The Morgan fingerprint density at radius 3 is 2.00 bits per heavy atom. The van der Waals surface area contributed by atoms with E-state index in [2.05, 4.69) is 19.1 Å². The Morgan fingerprint density at radius 2 is 1.37 bits per heavy atom. The van der Waals surface area contributed by atoms with Crippen LogP contribution in [-0.2, 0) is 9.47 Å². The summed E-state index contributed by atoms with van der Waals surface area (Å²) in [4.78, 5) is 0. The number of hydrogen-bond acceptors (Lipinski definition) is 6. The lowest BCUT2D eigenvalue weighted by atomic mass is 9.99. The largest absolute Gasteiger partial charge is 0.394 e. The van der Waals surface area contributed by atoms with E-state index < -0.39 is 37.3 Å². The van der Waals surface area contributed by atoms with Crippen molar-refractivity contribution >= 4 is 0 Å². The van der Waals surface area contributed by atoms with Crippen LogP contribution in [0.1, 0.15) is 77.6 Å². The Bertz CT molecular complexity index is 374. The standard InChI is InChI=1S/C21H40O6/c1-2-3-4-5-6-7-8-9-10-11-12-13-14-15-26-21-20(25)19(24)18(23)17(16-22)27-21/h6-7,17-25H,2-5,8-16H2,1H3/b7-6+/t17-,18-,19+,20-,21-/m1/s1. The predicted octanol–water partition coefficient (Wildman–Crippen LogP) is 2.67. The molecule has 0 amide bonds. The number of rotatable bonds is 15. The van der Waals surface area contributed by atoms with Crippen LogP contribution in [0.25, 0.3) is 0 Å². The lowest BCUT2D eigenvalue weighted by Gasteiger charge is -2.39. The van der Waals surface area contributed by atoms with Gasteiger partial charge in [0.1, 0.15) is 24.4 Å².